The SMILES string of the molecule is OC1CCC(Nc2nc(Nc3ccnc(N4CCCC4)c3)ncc2C2CCNCC2)CC1. The number of pyridine rings is 1. The molecule has 0 unspecified atom stereocenters. The van der Waals surface area contributed by atoms with Gasteiger partial charge < -0.3 is 26.0 Å². The number of hydrogen-bond donors (Lipinski definition) is 4. The first-order valence-corrected chi connectivity index (χ1v) is 12.2. The molecule has 1 saturated carbocycles. The largest absolute Gasteiger partial charge is 0.393 e. The Hall–Kier alpha value is -2.45. The number of rotatable bonds is 6. The van der Waals surface area contributed by atoms with E-state index in [0.717, 1.165) is 82.0 Å². The number of piperidine rings is 1. The molecule has 0 aromatic carbocycles. The first kappa shape index (κ1) is 21.4. The third-order valence-electron chi connectivity index (χ3n) is 7.07. The summed E-state index contributed by atoms with van der Waals surface area (Å²) in [6.07, 6.45) is 12.0. The molecule has 8 heteroatoms. The zero-order valence-electron chi connectivity index (χ0n) is 18.8. The number of nitrogens with one attached hydrogen (secondary N) is 3. The average molecular weight is 438 g/mol. The minimum atomic E-state index is -0.156. The van der Waals surface area contributed by atoms with Gasteiger partial charge in [0.1, 0.15) is 11.6 Å². The molecule has 4 N–H and O–H groups in total. The van der Waals surface area contributed by atoms with E-state index in [1.807, 2.05) is 18.5 Å². The van der Waals surface area contributed by atoms with Crippen molar-refractivity contribution < 1.29 is 5.11 Å². The molecule has 32 heavy (non-hydrogen) atoms. The summed E-state index contributed by atoms with van der Waals surface area (Å²) in [5.41, 5.74) is 2.18. The van der Waals surface area contributed by atoms with E-state index >= 15 is 0 Å². The lowest BCUT2D eigenvalue weighted by Gasteiger charge is -2.29. The van der Waals surface area contributed by atoms with Gasteiger partial charge in [-0.3, -0.25) is 0 Å². The molecule has 2 saturated heterocycles. The lowest BCUT2D eigenvalue weighted by atomic mass is 9.90. The van der Waals surface area contributed by atoms with E-state index in [-0.39, 0.29) is 6.10 Å². The zero-order valence-corrected chi connectivity index (χ0v) is 18.8. The van der Waals surface area contributed by atoms with Crippen molar-refractivity contribution in [1.29, 1.82) is 0 Å². The highest BCUT2D eigenvalue weighted by Crippen LogP contribution is 2.33. The van der Waals surface area contributed by atoms with Crippen molar-refractivity contribution in [3.63, 3.8) is 0 Å². The van der Waals surface area contributed by atoms with E-state index in [1.54, 1.807) is 0 Å². The number of aliphatic hydroxyl groups is 1. The molecule has 2 aliphatic heterocycles. The molecular formula is C24H35N7O. The third kappa shape index (κ3) is 5.13. The normalized spacial score (nSPS) is 24.5. The maximum Gasteiger partial charge on any atom is 0.229 e. The van der Waals surface area contributed by atoms with Crippen LogP contribution in [-0.2, 0) is 0 Å². The Morgan fingerprint density at radius 2 is 1.78 bits per heavy atom. The number of hydrogen-bond acceptors (Lipinski definition) is 8. The Morgan fingerprint density at radius 1 is 1.00 bits per heavy atom. The molecule has 2 aromatic rings. The lowest BCUT2D eigenvalue weighted by Crippen LogP contribution is -2.30. The van der Waals surface area contributed by atoms with Crippen LogP contribution in [0, 0.1) is 0 Å². The van der Waals surface area contributed by atoms with E-state index in [4.69, 9.17) is 4.98 Å². The van der Waals surface area contributed by atoms with E-state index < -0.39 is 0 Å². The first-order valence-electron chi connectivity index (χ1n) is 12.2. The predicted octanol–water partition coefficient (Wildman–Crippen LogP) is 3.40. The van der Waals surface area contributed by atoms with E-state index in [2.05, 4.69) is 36.9 Å². The second kappa shape index (κ2) is 10.0. The van der Waals surface area contributed by atoms with Gasteiger partial charge in [-0.2, -0.15) is 4.98 Å². The van der Waals surface area contributed by atoms with Crippen molar-refractivity contribution in [3.05, 3.63) is 30.1 Å². The molecule has 0 amide bonds. The Balaban J connectivity index is 1.36. The number of aliphatic hydroxyl groups excluding tert-OH is 1. The van der Waals surface area contributed by atoms with Gasteiger partial charge in [0.05, 0.1) is 6.10 Å². The number of anilines is 4. The molecule has 5 rings (SSSR count). The van der Waals surface area contributed by atoms with Gasteiger partial charge in [0.25, 0.3) is 0 Å². The molecule has 0 atom stereocenters. The summed E-state index contributed by atoms with van der Waals surface area (Å²) < 4.78 is 0. The smallest absolute Gasteiger partial charge is 0.229 e. The van der Waals surface area contributed by atoms with Gasteiger partial charge in [-0.15, -0.1) is 0 Å². The highest BCUT2D eigenvalue weighted by molar-refractivity contribution is 5.60. The topological polar surface area (TPSA) is 98.2 Å². The van der Waals surface area contributed by atoms with Gasteiger partial charge in [-0.1, -0.05) is 0 Å². The predicted molar refractivity (Wildman–Crippen MR) is 128 cm³/mol. The quantitative estimate of drug-likeness (QED) is 0.546. The number of nitrogens with zero attached hydrogens (tertiary/aromatic N) is 4. The Kier molecular flexibility index (Phi) is 6.69. The van der Waals surface area contributed by atoms with Crippen LogP contribution in [0.5, 0.6) is 0 Å². The van der Waals surface area contributed by atoms with Crippen LogP contribution in [-0.4, -0.2) is 58.4 Å². The van der Waals surface area contributed by atoms with Crippen LogP contribution in [0.1, 0.15) is 62.8 Å². The molecule has 0 radical (unpaired) electrons. The van der Waals surface area contributed by atoms with Crippen LogP contribution in [0.25, 0.3) is 0 Å². The molecule has 8 nitrogen and oxygen atoms in total. The molecule has 1 aliphatic carbocycles. The van der Waals surface area contributed by atoms with E-state index in [9.17, 15) is 5.11 Å². The molecular weight excluding hydrogens is 402 g/mol. The maximum atomic E-state index is 9.88. The molecule has 172 valence electrons. The van der Waals surface area contributed by atoms with Crippen molar-refractivity contribution in [2.45, 2.75) is 69.4 Å². The van der Waals surface area contributed by atoms with Crippen LogP contribution in [0.4, 0.5) is 23.3 Å². The molecule has 3 fully saturated rings. The highest BCUT2D eigenvalue weighted by Gasteiger charge is 2.24. The summed E-state index contributed by atoms with van der Waals surface area (Å²) in [4.78, 5) is 16.5. The van der Waals surface area contributed by atoms with Crippen molar-refractivity contribution in [2.24, 2.45) is 0 Å². The zero-order chi connectivity index (χ0) is 21.8. The summed E-state index contributed by atoms with van der Waals surface area (Å²) in [5.74, 6) is 3.05. The van der Waals surface area contributed by atoms with Gasteiger partial charge in [-0.25, -0.2) is 9.97 Å². The van der Waals surface area contributed by atoms with Crippen LogP contribution in [0.15, 0.2) is 24.5 Å². The van der Waals surface area contributed by atoms with Gasteiger partial charge >= 0.3 is 0 Å². The van der Waals surface area contributed by atoms with Crippen LogP contribution >= 0.6 is 0 Å². The van der Waals surface area contributed by atoms with Crippen molar-refractivity contribution in [2.75, 3.05) is 41.7 Å². The van der Waals surface area contributed by atoms with Crippen LogP contribution in [0.3, 0.4) is 0 Å². The molecule has 0 bridgehead atoms. The van der Waals surface area contributed by atoms with Crippen molar-refractivity contribution >= 4 is 23.3 Å². The Bertz CT molecular complexity index is 888. The highest BCUT2D eigenvalue weighted by atomic mass is 16.3. The Morgan fingerprint density at radius 3 is 2.56 bits per heavy atom. The third-order valence-corrected chi connectivity index (χ3v) is 7.07. The maximum absolute atomic E-state index is 9.88. The van der Waals surface area contributed by atoms with Gasteiger partial charge in [0, 0.05) is 48.8 Å². The van der Waals surface area contributed by atoms with Crippen LogP contribution < -0.4 is 20.9 Å². The van der Waals surface area contributed by atoms with Crippen LogP contribution in [0.2, 0.25) is 0 Å². The minimum Gasteiger partial charge on any atom is -0.393 e. The minimum absolute atomic E-state index is 0.156. The van der Waals surface area contributed by atoms with Gasteiger partial charge in [0.2, 0.25) is 5.95 Å². The fourth-order valence-electron chi connectivity index (χ4n) is 5.16. The fraction of sp³-hybridized carbons (Fsp3) is 0.625. The summed E-state index contributed by atoms with van der Waals surface area (Å²) in [6.45, 7) is 4.22. The summed E-state index contributed by atoms with van der Waals surface area (Å²) >= 11 is 0. The standard InChI is InChI=1S/C24H35N7O/c32-20-5-3-18(4-6-20)28-23-21(17-7-10-25-11-8-17)16-27-24(30-23)29-19-9-12-26-22(15-19)31-13-1-2-14-31/h9,12,15-18,20,25,32H,1-8,10-11,13-14H2,(H2,26,27,28,29,30). The average Bonchev–Trinajstić information content (AvgIpc) is 3.37. The Labute approximate surface area is 190 Å². The molecule has 0 spiro atoms. The van der Waals surface area contributed by atoms with Crippen molar-refractivity contribution in [1.82, 2.24) is 20.3 Å². The van der Waals surface area contributed by atoms with Crippen molar-refractivity contribution in [3.8, 4) is 0 Å². The lowest BCUT2D eigenvalue weighted by molar-refractivity contribution is 0.126. The monoisotopic (exact) mass is 437 g/mol. The summed E-state index contributed by atoms with van der Waals surface area (Å²) in [5, 5.41) is 20.4. The summed E-state index contributed by atoms with van der Waals surface area (Å²) in [7, 11) is 0. The summed E-state index contributed by atoms with van der Waals surface area (Å²) in [6, 6.07) is 4.41. The first-order chi connectivity index (χ1) is 15.7. The second-order valence-corrected chi connectivity index (χ2v) is 9.39. The molecule has 3 aliphatic rings. The second-order valence-electron chi connectivity index (χ2n) is 9.39. The molecule has 2 aromatic heterocycles. The van der Waals surface area contributed by atoms with E-state index in [0.29, 0.717) is 17.9 Å². The fourth-order valence-corrected chi connectivity index (χ4v) is 5.16. The molecule has 4 heterocycles. The van der Waals surface area contributed by atoms with Gasteiger partial charge in [0.15, 0.2) is 0 Å². The van der Waals surface area contributed by atoms with E-state index in [1.165, 1.54) is 18.4 Å². The number of aromatic nitrogens is 3. The van der Waals surface area contributed by atoms with Gasteiger partial charge in [-0.05, 0) is 76.4 Å².